The van der Waals surface area contributed by atoms with Crippen LogP contribution in [-0.4, -0.2) is 39.4 Å². The highest BCUT2D eigenvalue weighted by Crippen LogP contribution is 2.39. The molecule has 5 nitrogen and oxygen atoms in total. The highest BCUT2D eigenvalue weighted by molar-refractivity contribution is 6.22. The van der Waals surface area contributed by atoms with E-state index >= 15 is 0 Å². The van der Waals surface area contributed by atoms with Gasteiger partial charge < -0.3 is 20.1 Å². The molecule has 0 saturated heterocycles. The molecule has 1 aromatic carbocycles. The molecule has 1 aliphatic heterocycles. The number of rotatable bonds is 1. The minimum atomic E-state index is -0.924. The quantitative estimate of drug-likeness (QED) is 0.720. The molecule has 1 fully saturated rings. The number of hydrogen-bond acceptors (Lipinski definition) is 5. The predicted octanol–water partition coefficient (Wildman–Crippen LogP) is 1.08. The SMILES string of the molecule is CC1C(O)CC2OC=C(c3ccc(O)cc3)C(=O)C2C1O. The van der Waals surface area contributed by atoms with Crippen molar-refractivity contribution >= 4 is 11.4 Å². The summed E-state index contributed by atoms with van der Waals surface area (Å²) in [5.41, 5.74) is 1.03. The molecule has 0 bridgehead atoms. The molecular formula is C16H18O5. The Labute approximate surface area is 122 Å². The molecule has 1 saturated carbocycles. The first-order chi connectivity index (χ1) is 9.99. The lowest BCUT2D eigenvalue weighted by Gasteiger charge is -2.42. The maximum atomic E-state index is 12.7. The van der Waals surface area contributed by atoms with E-state index in [1.54, 1.807) is 19.1 Å². The first kappa shape index (κ1) is 14.1. The minimum Gasteiger partial charge on any atom is -0.508 e. The van der Waals surface area contributed by atoms with E-state index in [0.29, 0.717) is 17.6 Å². The summed E-state index contributed by atoms with van der Waals surface area (Å²) in [4.78, 5) is 12.7. The number of allylic oxidation sites excluding steroid dienone is 1. The van der Waals surface area contributed by atoms with Crippen molar-refractivity contribution in [3.05, 3.63) is 36.1 Å². The lowest BCUT2D eigenvalue weighted by Crippen LogP contribution is -2.53. The van der Waals surface area contributed by atoms with Crippen molar-refractivity contribution in [1.29, 1.82) is 0 Å². The van der Waals surface area contributed by atoms with Crippen molar-refractivity contribution in [3.63, 3.8) is 0 Å². The van der Waals surface area contributed by atoms with Gasteiger partial charge in [0.25, 0.3) is 0 Å². The Balaban J connectivity index is 1.93. The number of Topliss-reactive ketones (excluding diaryl/α,β-unsaturated/α-hetero) is 1. The van der Waals surface area contributed by atoms with Crippen LogP contribution < -0.4 is 0 Å². The molecular weight excluding hydrogens is 272 g/mol. The van der Waals surface area contributed by atoms with E-state index in [-0.39, 0.29) is 17.5 Å². The summed E-state index contributed by atoms with van der Waals surface area (Å²) in [5, 5.41) is 29.5. The van der Waals surface area contributed by atoms with Gasteiger partial charge in [0.1, 0.15) is 11.9 Å². The van der Waals surface area contributed by atoms with Crippen LogP contribution in [0.2, 0.25) is 0 Å². The number of aliphatic hydroxyl groups is 2. The maximum absolute atomic E-state index is 12.7. The molecule has 112 valence electrons. The van der Waals surface area contributed by atoms with Gasteiger partial charge in [-0.25, -0.2) is 0 Å². The number of benzene rings is 1. The van der Waals surface area contributed by atoms with E-state index in [9.17, 15) is 20.1 Å². The normalized spacial score (nSPS) is 35.7. The van der Waals surface area contributed by atoms with E-state index < -0.39 is 24.2 Å². The summed E-state index contributed by atoms with van der Waals surface area (Å²) in [6.45, 7) is 1.73. The molecule has 21 heavy (non-hydrogen) atoms. The molecule has 2 aliphatic rings. The third kappa shape index (κ3) is 2.32. The third-order valence-corrected chi connectivity index (χ3v) is 4.50. The average molecular weight is 290 g/mol. The van der Waals surface area contributed by atoms with Crippen LogP contribution in [0.4, 0.5) is 0 Å². The highest BCUT2D eigenvalue weighted by atomic mass is 16.5. The van der Waals surface area contributed by atoms with Crippen LogP contribution in [0.1, 0.15) is 18.9 Å². The van der Waals surface area contributed by atoms with E-state index in [1.165, 1.54) is 18.4 Å². The summed E-state index contributed by atoms with van der Waals surface area (Å²) in [6.07, 6.45) is -0.344. The second-order valence-corrected chi connectivity index (χ2v) is 5.80. The van der Waals surface area contributed by atoms with Gasteiger partial charge in [-0.15, -0.1) is 0 Å². The number of ether oxygens (including phenoxy) is 1. The van der Waals surface area contributed by atoms with Crippen LogP contribution in [-0.2, 0) is 9.53 Å². The Morgan fingerprint density at radius 3 is 2.52 bits per heavy atom. The molecule has 1 aliphatic carbocycles. The van der Waals surface area contributed by atoms with Gasteiger partial charge in [0, 0.05) is 12.3 Å². The van der Waals surface area contributed by atoms with Gasteiger partial charge in [-0.2, -0.15) is 0 Å². The zero-order chi connectivity index (χ0) is 15.1. The molecule has 5 unspecified atom stereocenters. The van der Waals surface area contributed by atoms with Gasteiger partial charge in [-0.05, 0) is 17.7 Å². The fraction of sp³-hybridized carbons (Fsp3) is 0.438. The Morgan fingerprint density at radius 2 is 1.86 bits per heavy atom. The Bertz CT molecular complexity index is 577. The third-order valence-electron chi connectivity index (χ3n) is 4.50. The zero-order valence-corrected chi connectivity index (χ0v) is 11.6. The number of phenols is 1. The molecule has 0 amide bonds. The van der Waals surface area contributed by atoms with Crippen LogP contribution in [0.15, 0.2) is 30.5 Å². The van der Waals surface area contributed by atoms with Gasteiger partial charge in [-0.3, -0.25) is 4.79 Å². The van der Waals surface area contributed by atoms with Gasteiger partial charge in [-0.1, -0.05) is 19.1 Å². The van der Waals surface area contributed by atoms with Crippen LogP contribution in [0.5, 0.6) is 5.75 Å². The maximum Gasteiger partial charge on any atom is 0.175 e. The topological polar surface area (TPSA) is 87.0 Å². The first-order valence-corrected chi connectivity index (χ1v) is 7.04. The van der Waals surface area contributed by atoms with Crippen molar-refractivity contribution in [3.8, 4) is 5.75 Å². The van der Waals surface area contributed by atoms with E-state index in [1.807, 2.05) is 0 Å². The second kappa shape index (κ2) is 5.16. The number of hydrogen-bond donors (Lipinski definition) is 3. The fourth-order valence-corrected chi connectivity index (χ4v) is 3.08. The largest absolute Gasteiger partial charge is 0.508 e. The molecule has 3 N–H and O–H groups in total. The van der Waals surface area contributed by atoms with Crippen molar-refractivity contribution in [2.45, 2.75) is 31.7 Å². The summed E-state index contributed by atoms with van der Waals surface area (Å²) < 4.78 is 5.57. The summed E-state index contributed by atoms with van der Waals surface area (Å²) in [5.74, 6) is -1.07. The molecule has 1 aromatic rings. The number of aromatic hydroxyl groups is 1. The minimum absolute atomic E-state index is 0.121. The molecule has 1 heterocycles. The number of fused-ring (bicyclic) bond motifs is 1. The number of carbonyl (C=O) groups excluding carboxylic acids is 1. The molecule has 3 rings (SSSR count). The van der Waals surface area contributed by atoms with Crippen LogP contribution >= 0.6 is 0 Å². The monoisotopic (exact) mass is 290 g/mol. The van der Waals surface area contributed by atoms with Crippen LogP contribution in [0.25, 0.3) is 5.57 Å². The highest BCUT2D eigenvalue weighted by Gasteiger charge is 2.48. The first-order valence-electron chi connectivity index (χ1n) is 7.04. The van der Waals surface area contributed by atoms with E-state index in [2.05, 4.69) is 0 Å². The number of phenolic OH excluding ortho intramolecular Hbond substituents is 1. The van der Waals surface area contributed by atoms with Gasteiger partial charge >= 0.3 is 0 Å². The molecule has 5 atom stereocenters. The van der Waals surface area contributed by atoms with Crippen molar-refractivity contribution in [1.82, 2.24) is 0 Å². The van der Waals surface area contributed by atoms with E-state index in [0.717, 1.165) is 0 Å². The van der Waals surface area contributed by atoms with Gasteiger partial charge in [0.15, 0.2) is 5.78 Å². The molecule has 0 aromatic heterocycles. The van der Waals surface area contributed by atoms with Crippen LogP contribution in [0.3, 0.4) is 0 Å². The smallest absolute Gasteiger partial charge is 0.175 e. The van der Waals surface area contributed by atoms with Gasteiger partial charge in [0.2, 0.25) is 0 Å². The average Bonchev–Trinajstić information content (AvgIpc) is 2.46. The number of aliphatic hydroxyl groups excluding tert-OH is 2. The van der Waals surface area contributed by atoms with Crippen molar-refractivity contribution in [2.75, 3.05) is 0 Å². The summed E-state index contributed by atoms with van der Waals surface area (Å²) >= 11 is 0. The Morgan fingerprint density at radius 1 is 1.19 bits per heavy atom. The van der Waals surface area contributed by atoms with E-state index in [4.69, 9.17) is 4.74 Å². The van der Waals surface area contributed by atoms with Crippen molar-refractivity contribution < 1.29 is 24.9 Å². The number of ketones is 1. The fourth-order valence-electron chi connectivity index (χ4n) is 3.08. The predicted molar refractivity (Wildman–Crippen MR) is 75.2 cm³/mol. The standard InChI is InChI=1S/C16H18O5/c1-8-12(18)6-13-14(15(8)19)16(20)11(7-21-13)9-2-4-10(17)5-3-9/h2-5,7-8,12-15,17-19H,6H2,1H3. The molecule has 0 spiro atoms. The van der Waals surface area contributed by atoms with Crippen LogP contribution in [0, 0.1) is 11.8 Å². The van der Waals surface area contributed by atoms with Gasteiger partial charge in [0.05, 0.1) is 30.0 Å². The zero-order valence-electron chi connectivity index (χ0n) is 11.6. The lowest BCUT2D eigenvalue weighted by molar-refractivity contribution is -0.146. The molecule has 5 heteroatoms. The molecule has 0 radical (unpaired) electrons. The summed E-state index contributed by atoms with van der Waals surface area (Å²) in [7, 11) is 0. The Kier molecular flexibility index (Phi) is 3.47. The van der Waals surface area contributed by atoms with Crippen molar-refractivity contribution in [2.24, 2.45) is 11.8 Å². The summed E-state index contributed by atoms with van der Waals surface area (Å²) in [6, 6.07) is 6.27. The lowest BCUT2D eigenvalue weighted by atomic mass is 9.71. The Hall–Kier alpha value is -1.85. The second-order valence-electron chi connectivity index (χ2n) is 5.80. The number of carbonyl (C=O) groups is 1.